The van der Waals surface area contributed by atoms with Crippen LogP contribution >= 0.6 is 22.9 Å². The van der Waals surface area contributed by atoms with E-state index in [-0.39, 0.29) is 0 Å². The van der Waals surface area contributed by atoms with Gasteiger partial charge in [0.2, 0.25) is 0 Å². The molecule has 1 aromatic carbocycles. The third kappa shape index (κ3) is 2.39. The Morgan fingerprint density at radius 2 is 2.30 bits per heavy atom. The number of methoxy groups -OCH3 is 1. The van der Waals surface area contributed by atoms with Crippen molar-refractivity contribution in [2.24, 2.45) is 0 Å². The van der Waals surface area contributed by atoms with E-state index in [1.165, 1.54) is 0 Å². The zero-order valence-corrected chi connectivity index (χ0v) is 12.6. The second-order valence-corrected chi connectivity index (χ2v) is 5.46. The summed E-state index contributed by atoms with van der Waals surface area (Å²) in [5, 5.41) is 2.05. The van der Waals surface area contributed by atoms with E-state index < -0.39 is 0 Å². The summed E-state index contributed by atoms with van der Waals surface area (Å²) in [7, 11) is 1.66. The molecular formula is C14H14ClN3OS. The molecule has 0 N–H and O–H groups in total. The second kappa shape index (κ2) is 5.81. The number of alkyl halides is 1. The van der Waals surface area contributed by atoms with E-state index >= 15 is 0 Å². The Morgan fingerprint density at radius 1 is 1.40 bits per heavy atom. The molecule has 0 bridgehead atoms. The highest BCUT2D eigenvalue weighted by atomic mass is 35.5. The summed E-state index contributed by atoms with van der Waals surface area (Å²) in [6, 6.07) is 5.95. The number of para-hydroxylation sites is 1. The molecular weight excluding hydrogens is 294 g/mol. The number of thiazole rings is 1. The number of aromatic nitrogens is 3. The minimum absolute atomic E-state index is 0.544. The fraction of sp³-hybridized carbons (Fsp3) is 0.286. The van der Waals surface area contributed by atoms with E-state index in [4.69, 9.17) is 16.3 Å². The van der Waals surface area contributed by atoms with Crippen molar-refractivity contribution in [2.75, 3.05) is 13.0 Å². The van der Waals surface area contributed by atoms with E-state index in [1.54, 1.807) is 18.4 Å². The smallest absolute Gasteiger partial charge is 0.146 e. The van der Waals surface area contributed by atoms with Crippen LogP contribution in [0.3, 0.4) is 0 Å². The van der Waals surface area contributed by atoms with E-state index in [9.17, 15) is 0 Å². The predicted octanol–water partition coefficient (Wildman–Crippen LogP) is 3.33. The second-order valence-electron chi connectivity index (χ2n) is 4.36. The van der Waals surface area contributed by atoms with Crippen LogP contribution in [0.15, 0.2) is 29.1 Å². The first-order valence-corrected chi connectivity index (χ1v) is 7.76. The molecule has 0 saturated heterocycles. The molecule has 0 unspecified atom stereocenters. The Labute approximate surface area is 126 Å². The summed E-state index contributed by atoms with van der Waals surface area (Å²) in [5.74, 6) is 2.30. The highest BCUT2D eigenvalue weighted by Gasteiger charge is 2.14. The lowest BCUT2D eigenvalue weighted by Gasteiger charge is -2.06. The first-order chi connectivity index (χ1) is 9.83. The molecule has 104 valence electrons. The summed E-state index contributed by atoms with van der Waals surface area (Å²) in [6.45, 7) is 0.708. The third-order valence-corrected chi connectivity index (χ3v) is 3.99. The molecule has 0 aliphatic carbocycles. The van der Waals surface area contributed by atoms with Gasteiger partial charge in [-0.15, -0.1) is 22.9 Å². The number of hydrogen-bond acceptors (Lipinski definition) is 4. The van der Waals surface area contributed by atoms with Crippen LogP contribution in [0.2, 0.25) is 0 Å². The number of hydrogen-bond donors (Lipinski definition) is 0. The average Bonchev–Trinajstić information content (AvgIpc) is 3.08. The number of ether oxygens (including phenoxy) is 1. The van der Waals surface area contributed by atoms with Gasteiger partial charge in [0.15, 0.2) is 0 Å². The molecule has 3 rings (SSSR count). The van der Waals surface area contributed by atoms with Crippen molar-refractivity contribution in [3.63, 3.8) is 0 Å². The number of rotatable bonds is 5. The number of aryl methyl sites for hydroxylation is 1. The van der Waals surface area contributed by atoms with Gasteiger partial charge in [0.25, 0.3) is 0 Å². The van der Waals surface area contributed by atoms with E-state index in [2.05, 4.69) is 26.0 Å². The van der Waals surface area contributed by atoms with Crippen molar-refractivity contribution >= 4 is 34.0 Å². The van der Waals surface area contributed by atoms with Crippen LogP contribution in [0.1, 0.15) is 11.5 Å². The van der Waals surface area contributed by atoms with Crippen molar-refractivity contribution < 1.29 is 4.74 Å². The van der Waals surface area contributed by atoms with Gasteiger partial charge in [-0.2, -0.15) is 0 Å². The average molecular weight is 308 g/mol. The van der Waals surface area contributed by atoms with Crippen molar-refractivity contribution in [1.29, 1.82) is 0 Å². The molecule has 2 heterocycles. The lowest BCUT2D eigenvalue weighted by atomic mass is 10.3. The first-order valence-electron chi connectivity index (χ1n) is 6.28. The van der Waals surface area contributed by atoms with Crippen LogP contribution in [0, 0.1) is 0 Å². The molecule has 0 aliphatic rings. The highest BCUT2D eigenvalue weighted by molar-refractivity contribution is 7.07. The van der Waals surface area contributed by atoms with Crippen molar-refractivity contribution in [3.8, 4) is 5.75 Å². The normalized spacial score (nSPS) is 11.1. The Balaban J connectivity index is 2.13. The molecule has 0 aliphatic heterocycles. The van der Waals surface area contributed by atoms with Gasteiger partial charge >= 0.3 is 0 Å². The predicted molar refractivity (Wildman–Crippen MR) is 81.9 cm³/mol. The van der Waals surface area contributed by atoms with Gasteiger partial charge in [-0.25, -0.2) is 9.97 Å². The molecule has 0 fully saturated rings. The summed E-state index contributed by atoms with van der Waals surface area (Å²) < 4.78 is 7.55. The zero-order chi connectivity index (χ0) is 13.9. The molecule has 2 aromatic heterocycles. The summed E-state index contributed by atoms with van der Waals surface area (Å²) in [5.41, 5.74) is 4.81. The minimum atomic E-state index is 0.544. The van der Waals surface area contributed by atoms with Gasteiger partial charge in [-0.05, 0) is 12.1 Å². The van der Waals surface area contributed by atoms with Crippen molar-refractivity contribution in [3.05, 3.63) is 40.6 Å². The Kier molecular flexibility index (Phi) is 3.89. The number of benzene rings is 1. The Hall–Kier alpha value is -1.59. The van der Waals surface area contributed by atoms with E-state index in [0.29, 0.717) is 12.4 Å². The van der Waals surface area contributed by atoms with Crippen LogP contribution in [-0.2, 0) is 13.0 Å². The van der Waals surface area contributed by atoms with Crippen LogP contribution in [0.5, 0.6) is 5.75 Å². The number of nitrogens with zero attached hydrogens (tertiary/aromatic N) is 3. The molecule has 0 saturated carbocycles. The first kappa shape index (κ1) is 13.4. The SMILES string of the molecule is COc1cccc2c1nc(CCCl)n2Cc1cscn1. The standard InChI is InChI=1S/C14H14ClN3OS/c1-19-12-4-2-3-11-14(12)17-13(5-6-15)18(11)7-10-8-20-9-16-10/h2-4,8-9H,5-7H2,1H3. The molecule has 20 heavy (non-hydrogen) atoms. The molecule has 0 radical (unpaired) electrons. The van der Waals surface area contributed by atoms with Crippen molar-refractivity contribution in [1.82, 2.24) is 14.5 Å². The largest absolute Gasteiger partial charge is 0.494 e. The molecule has 0 spiro atoms. The van der Waals surface area contributed by atoms with Gasteiger partial charge in [-0.3, -0.25) is 0 Å². The monoisotopic (exact) mass is 307 g/mol. The number of imidazole rings is 1. The number of fused-ring (bicyclic) bond motifs is 1. The highest BCUT2D eigenvalue weighted by Crippen LogP contribution is 2.26. The van der Waals surface area contributed by atoms with Crippen LogP contribution in [-0.4, -0.2) is 27.5 Å². The summed E-state index contributed by atoms with van der Waals surface area (Å²) in [6.07, 6.45) is 0.726. The van der Waals surface area contributed by atoms with Crippen molar-refractivity contribution in [2.45, 2.75) is 13.0 Å². The quantitative estimate of drug-likeness (QED) is 0.679. The molecule has 0 atom stereocenters. The van der Waals surface area contributed by atoms with Crippen LogP contribution in [0.4, 0.5) is 0 Å². The number of halogens is 1. The van der Waals surface area contributed by atoms with E-state index in [0.717, 1.165) is 34.7 Å². The van der Waals surface area contributed by atoms with Gasteiger partial charge in [0.1, 0.15) is 17.1 Å². The third-order valence-electron chi connectivity index (χ3n) is 3.16. The maximum absolute atomic E-state index is 5.89. The molecule has 4 nitrogen and oxygen atoms in total. The summed E-state index contributed by atoms with van der Waals surface area (Å²) in [4.78, 5) is 9.03. The Morgan fingerprint density at radius 3 is 3.00 bits per heavy atom. The lowest BCUT2D eigenvalue weighted by molar-refractivity contribution is 0.419. The van der Waals surface area contributed by atoms with Crippen LogP contribution in [0.25, 0.3) is 11.0 Å². The maximum atomic E-state index is 5.89. The Bertz CT molecular complexity index is 709. The van der Waals surface area contributed by atoms with Crippen LogP contribution < -0.4 is 4.74 Å². The van der Waals surface area contributed by atoms with Gasteiger partial charge in [0, 0.05) is 17.7 Å². The zero-order valence-electron chi connectivity index (χ0n) is 11.0. The topological polar surface area (TPSA) is 39.9 Å². The minimum Gasteiger partial charge on any atom is -0.494 e. The molecule has 3 aromatic rings. The van der Waals surface area contributed by atoms with Gasteiger partial charge < -0.3 is 9.30 Å². The maximum Gasteiger partial charge on any atom is 0.146 e. The fourth-order valence-corrected chi connectivity index (χ4v) is 2.98. The molecule has 6 heteroatoms. The van der Waals surface area contributed by atoms with E-state index in [1.807, 2.05) is 17.6 Å². The van der Waals surface area contributed by atoms with Gasteiger partial charge in [0.05, 0.1) is 30.4 Å². The van der Waals surface area contributed by atoms with Gasteiger partial charge in [-0.1, -0.05) is 6.07 Å². The fourth-order valence-electron chi connectivity index (χ4n) is 2.26. The lowest BCUT2D eigenvalue weighted by Crippen LogP contribution is -2.06. The molecule has 0 amide bonds. The summed E-state index contributed by atoms with van der Waals surface area (Å²) >= 11 is 7.49.